The monoisotopic (exact) mass is 408 g/mol. The molecule has 0 atom stereocenters. The van der Waals surface area contributed by atoms with Crippen LogP contribution in [0.1, 0.15) is 5.56 Å². The molecule has 0 saturated heterocycles. The summed E-state index contributed by atoms with van der Waals surface area (Å²) in [5, 5.41) is 10.1. The predicted octanol–water partition coefficient (Wildman–Crippen LogP) is 3.06. The number of benzene rings is 2. The molecule has 0 aliphatic carbocycles. The average molecular weight is 409 g/mol. The van der Waals surface area contributed by atoms with Crippen molar-refractivity contribution in [2.24, 2.45) is 0 Å². The zero-order valence-electron chi connectivity index (χ0n) is 15.3. The molecule has 1 aliphatic heterocycles. The van der Waals surface area contributed by atoms with Gasteiger partial charge in [0.2, 0.25) is 5.91 Å². The molecule has 0 unspecified atom stereocenters. The smallest absolute Gasteiger partial charge is 0.251 e. The van der Waals surface area contributed by atoms with Gasteiger partial charge in [0.1, 0.15) is 12.4 Å². The first-order valence-corrected chi connectivity index (χ1v) is 9.27. The van der Waals surface area contributed by atoms with Crippen molar-refractivity contribution >= 4 is 35.2 Å². The van der Waals surface area contributed by atoms with Gasteiger partial charge >= 0.3 is 0 Å². The Balaban J connectivity index is 1.32. The lowest BCUT2D eigenvalue weighted by atomic mass is 10.1. The molecule has 146 valence electrons. The van der Waals surface area contributed by atoms with E-state index in [9.17, 15) is 9.59 Å². The molecular weight excluding hydrogens is 392 g/mol. The number of carbonyl (C=O) groups is 2. The molecule has 0 radical (unpaired) electrons. The first-order valence-electron chi connectivity index (χ1n) is 8.89. The topological polar surface area (TPSA) is 85.3 Å². The highest BCUT2D eigenvalue weighted by molar-refractivity contribution is 6.30. The van der Waals surface area contributed by atoms with E-state index in [1.54, 1.807) is 47.3 Å². The lowest BCUT2D eigenvalue weighted by molar-refractivity contribution is -0.121. The Labute approximate surface area is 171 Å². The molecule has 1 aliphatic rings. The number of amides is 2. The van der Waals surface area contributed by atoms with E-state index in [1.807, 2.05) is 24.4 Å². The van der Waals surface area contributed by atoms with Gasteiger partial charge in [-0.2, -0.15) is 5.10 Å². The van der Waals surface area contributed by atoms with E-state index in [4.69, 9.17) is 16.3 Å². The van der Waals surface area contributed by atoms with Crippen LogP contribution in [-0.4, -0.2) is 34.7 Å². The summed E-state index contributed by atoms with van der Waals surface area (Å²) in [7, 11) is 0. The number of aromatic nitrogens is 2. The van der Waals surface area contributed by atoms with Crippen LogP contribution in [0.3, 0.4) is 0 Å². The Morgan fingerprint density at radius 1 is 1.17 bits per heavy atom. The largest absolute Gasteiger partial charge is 0.488 e. The summed E-state index contributed by atoms with van der Waals surface area (Å²) in [4.78, 5) is 24.5. The number of halogens is 1. The summed E-state index contributed by atoms with van der Waals surface area (Å²) in [6.07, 6.45) is 5.24. The Kier molecular flexibility index (Phi) is 5.31. The highest BCUT2D eigenvalue weighted by atomic mass is 35.5. The van der Waals surface area contributed by atoms with Gasteiger partial charge in [-0.3, -0.25) is 9.59 Å². The molecule has 29 heavy (non-hydrogen) atoms. The van der Waals surface area contributed by atoms with Crippen LogP contribution in [0.25, 0.3) is 11.8 Å². The van der Waals surface area contributed by atoms with Gasteiger partial charge in [-0.25, -0.2) is 4.68 Å². The second-order valence-corrected chi connectivity index (χ2v) is 6.81. The number of ether oxygens (including phenoxy) is 1. The van der Waals surface area contributed by atoms with Gasteiger partial charge in [-0.1, -0.05) is 11.6 Å². The number of rotatable bonds is 5. The van der Waals surface area contributed by atoms with Crippen molar-refractivity contribution in [3.05, 3.63) is 77.1 Å². The minimum Gasteiger partial charge on any atom is -0.488 e. The molecule has 4 rings (SSSR count). The zero-order valence-corrected chi connectivity index (χ0v) is 16.0. The number of fused-ring (bicyclic) bond motifs is 1. The van der Waals surface area contributed by atoms with Crippen molar-refractivity contribution < 1.29 is 14.3 Å². The lowest BCUT2D eigenvalue weighted by Crippen LogP contribution is -2.35. The third-order valence-corrected chi connectivity index (χ3v) is 4.54. The molecule has 0 spiro atoms. The minimum absolute atomic E-state index is 0.136. The van der Waals surface area contributed by atoms with Crippen LogP contribution < -0.4 is 15.4 Å². The van der Waals surface area contributed by atoms with E-state index in [1.165, 1.54) is 0 Å². The lowest BCUT2D eigenvalue weighted by Gasteiger charge is -2.17. The van der Waals surface area contributed by atoms with Crippen molar-refractivity contribution in [3.63, 3.8) is 0 Å². The van der Waals surface area contributed by atoms with Crippen molar-refractivity contribution in [3.8, 4) is 11.4 Å². The van der Waals surface area contributed by atoms with E-state index in [0.29, 0.717) is 22.0 Å². The number of nitrogens with one attached hydrogen (secondary N) is 2. The average Bonchev–Trinajstić information content (AvgIpc) is 3.27. The highest BCUT2D eigenvalue weighted by Gasteiger charge is 2.18. The minimum atomic E-state index is -0.361. The summed E-state index contributed by atoms with van der Waals surface area (Å²) >= 11 is 5.98. The first-order chi connectivity index (χ1) is 14.1. The van der Waals surface area contributed by atoms with E-state index < -0.39 is 0 Å². The summed E-state index contributed by atoms with van der Waals surface area (Å²) in [5.74, 6) is -0.0204. The van der Waals surface area contributed by atoms with Crippen LogP contribution in [-0.2, 0) is 9.59 Å². The van der Waals surface area contributed by atoms with Crippen LogP contribution >= 0.6 is 11.6 Å². The van der Waals surface area contributed by atoms with Crippen molar-refractivity contribution in [2.75, 3.05) is 18.5 Å². The molecule has 1 aromatic heterocycles. The summed E-state index contributed by atoms with van der Waals surface area (Å²) in [5.41, 5.74) is 2.67. The third kappa shape index (κ3) is 4.47. The predicted molar refractivity (Wildman–Crippen MR) is 110 cm³/mol. The van der Waals surface area contributed by atoms with Crippen LogP contribution in [0, 0.1) is 0 Å². The number of hydrogen-bond acceptors (Lipinski definition) is 4. The molecule has 0 saturated carbocycles. The molecule has 0 fully saturated rings. The van der Waals surface area contributed by atoms with Crippen LogP contribution in [0.2, 0.25) is 5.02 Å². The number of carbonyl (C=O) groups excluding carboxylic acids is 2. The fraction of sp³-hybridized carbons (Fsp3) is 0.0952. The fourth-order valence-electron chi connectivity index (χ4n) is 2.88. The maximum Gasteiger partial charge on any atom is 0.251 e. The van der Waals surface area contributed by atoms with Gasteiger partial charge in [0, 0.05) is 28.7 Å². The Bertz CT molecular complexity index is 1080. The van der Waals surface area contributed by atoms with Gasteiger partial charge in [-0.05, 0) is 54.6 Å². The molecule has 2 N–H and O–H groups in total. The molecule has 2 heterocycles. The number of anilines is 1. The van der Waals surface area contributed by atoms with Crippen molar-refractivity contribution in [1.82, 2.24) is 15.1 Å². The second kappa shape index (κ2) is 8.20. The van der Waals surface area contributed by atoms with E-state index in [0.717, 1.165) is 11.3 Å². The molecule has 2 aromatic carbocycles. The molecule has 3 aromatic rings. The maximum absolute atomic E-state index is 12.3. The molecule has 7 nitrogen and oxygen atoms in total. The zero-order chi connectivity index (χ0) is 20.2. The van der Waals surface area contributed by atoms with E-state index >= 15 is 0 Å². The quantitative estimate of drug-likeness (QED) is 0.679. The maximum atomic E-state index is 12.3. The van der Waals surface area contributed by atoms with Gasteiger partial charge in [0.15, 0.2) is 0 Å². The Morgan fingerprint density at radius 2 is 2.00 bits per heavy atom. The van der Waals surface area contributed by atoms with E-state index in [-0.39, 0.29) is 25.0 Å². The SMILES string of the molecule is O=C(CNC(=O)C1=Cc2cc(Cl)ccc2OC1)Nc1ccc(-n2cccn2)cc1. The van der Waals surface area contributed by atoms with Gasteiger partial charge < -0.3 is 15.4 Å². The fourth-order valence-corrected chi connectivity index (χ4v) is 3.06. The molecule has 2 amide bonds. The standard InChI is InChI=1S/C21H17ClN4O3/c22-16-2-7-19-14(11-16)10-15(13-29-19)21(28)23-12-20(27)25-17-3-5-18(6-4-17)26-9-1-8-24-26/h1-11H,12-13H2,(H,23,28)(H,25,27). The van der Waals surface area contributed by atoms with Crippen molar-refractivity contribution in [1.29, 1.82) is 0 Å². The second-order valence-electron chi connectivity index (χ2n) is 6.37. The summed E-state index contributed by atoms with van der Waals surface area (Å²) in [6.45, 7) is -0.0174. The third-order valence-electron chi connectivity index (χ3n) is 4.31. The summed E-state index contributed by atoms with van der Waals surface area (Å²) in [6, 6.07) is 14.3. The molecule has 0 bridgehead atoms. The Morgan fingerprint density at radius 3 is 2.76 bits per heavy atom. The normalized spacial score (nSPS) is 12.4. The van der Waals surface area contributed by atoms with Crippen LogP contribution in [0.4, 0.5) is 5.69 Å². The van der Waals surface area contributed by atoms with E-state index in [2.05, 4.69) is 15.7 Å². The summed E-state index contributed by atoms with van der Waals surface area (Å²) < 4.78 is 7.28. The first kappa shape index (κ1) is 18.8. The van der Waals surface area contributed by atoms with Gasteiger partial charge in [-0.15, -0.1) is 0 Å². The highest BCUT2D eigenvalue weighted by Crippen LogP contribution is 2.28. The Hall–Kier alpha value is -3.58. The van der Waals surface area contributed by atoms with Crippen molar-refractivity contribution in [2.45, 2.75) is 0 Å². The number of hydrogen-bond donors (Lipinski definition) is 2. The van der Waals surface area contributed by atoms with Crippen LogP contribution in [0.5, 0.6) is 5.75 Å². The molecule has 8 heteroatoms. The number of nitrogens with zero attached hydrogens (tertiary/aromatic N) is 2. The van der Waals surface area contributed by atoms with Crippen LogP contribution in [0.15, 0.2) is 66.5 Å². The molecular formula is C21H17ClN4O3. The van der Waals surface area contributed by atoms with Gasteiger partial charge in [0.05, 0.1) is 17.8 Å². The van der Waals surface area contributed by atoms with Gasteiger partial charge in [0.25, 0.3) is 5.91 Å².